The van der Waals surface area contributed by atoms with Crippen molar-refractivity contribution in [1.29, 1.82) is 0 Å². The average molecular weight is 265 g/mol. The van der Waals surface area contributed by atoms with Gasteiger partial charge in [-0.3, -0.25) is 4.79 Å². The topological polar surface area (TPSA) is 81.2 Å². The number of hydrogen-bond acceptors (Lipinski definition) is 4. The van der Waals surface area contributed by atoms with Gasteiger partial charge in [-0.15, -0.1) is 0 Å². The maximum Gasteiger partial charge on any atom is 0.257 e. The number of aromatic nitrogens is 1. The fourth-order valence-corrected chi connectivity index (χ4v) is 3.05. The third kappa shape index (κ3) is 2.52. The first-order chi connectivity index (χ1) is 9.00. The Morgan fingerprint density at radius 1 is 1.53 bits per heavy atom. The summed E-state index contributed by atoms with van der Waals surface area (Å²) in [6.07, 6.45) is 4.38. The van der Waals surface area contributed by atoms with Gasteiger partial charge in [-0.25, -0.2) is 0 Å². The number of rotatable bonds is 3. The highest BCUT2D eigenvalue weighted by molar-refractivity contribution is 5.96. The molecule has 1 aromatic heterocycles. The molecule has 3 N–H and O–H groups in total. The van der Waals surface area contributed by atoms with E-state index < -0.39 is 0 Å². The molecule has 0 spiro atoms. The lowest BCUT2D eigenvalue weighted by Crippen LogP contribution is -2.59. The molecule has 1 aliphatic rings. The monoisotopic (exact) mass is 265 g/mol. The Hall–Kier alpha value is -1.36. The number of carbonyl (C=O) groups is 1. The van der Waals surface area contributed by atoms with Crippen LogP contribution >= 0.6 is 0 Å². The molecule has 106 valence electrons. The van der Waals surface area contributed by atoms with Gasteiger partial charge < -0.3 is 15.6 Å². The maximum absolute atomic E-state index is 12.5. The molecule has 1 heterocycles. The van der Waals surface area contributed by atoms with Crippen LogP contribution in [0.2, 0.25) is 0 Å². The van der Waals surface area contributed by atoms with Gasteiger partial charge in [-0.1, -0.05) is 24.9 Å². The SMILES string of the molecule is Cc1noc(C)c1C(=O)NC1(CN)CCCCC1C. The highest BCUT2D eigenvalue weighted by Gasteiger charge is 2.39. The van der Waals surface area contributed by atoms with Crippen LogP contribution < -0.4 is 11.1 Å². The van der Waals surface area contributed by atoms with E-state index in [9.17, 15) is 4.79 Å². The van der Waals surface area contributed by atoms with Gasteiger partial charge in [0, 0.05) is 6.54 Å². The normalized spacial score (nSPS) is 27.3. The molecule has 0 aliphatic heterocycles. The quantitative estimate of drug-likeness (QED) is 0.875. The molecule has 5 nitrogen and oxygen atoms in total. The van der Waals surface area contributed by atoms with Gasteiger partial charge >= 0.3 is 0 Å². The first-order valence-electron chi connectivity index (χ1n) is 6.95. The summed E-state index contributed by atoms with van der Waals surface area (Å²) < 4.78 is 5.06. The van der Waals surface area contributed by atoms with E-state index in [0.717, 1.165) is 19.3 Å². The minimum atomic E-state index is -0.286. The Bertz CT molecular complexity index is 450. The summed E-state index contributed by atoms with van der Waals surface area (Å²) >= 11 is 0. The molecule has 1 saturated carbocycles. The first-order valence-corrected chi connectivity index (χ1v) is 6.95. The molecule has 2 atom stereocenters. The summed E-state index contributed by atoms with van der Waals surface area (Å²) in [5.41, 5.74) is 6.84. The van der Waals surface area contributed by atoms with Crippen LogP contribution in [0.1, 0.15) is 54.4 Å². The largest absolute Gasteiger partial charge is 0.361 e. The summed E-state index contributed by atoms with van der Waals surface area (Å²) in [5.74, 6) is 0.844. The highest BCUT2D eigenvalue weighted by Crippen LogP contribution is 2.33. The van der Waals surface area contributed by atoms with Crippen molar-refractivity contribution in [2.45, 2.75) is 52.0 Å². The Morgan fingerprint density at radius 2 is 2.26 bits per heavy atom. The predicted octanol–water partition coefficient (Wildman–Crippen LogP) is 1.93. The molecular formula is C14H23N3O2. The molecule has 5 heteroatoms. The van der Waals surface area contributed by atoms with E-state index in [4.69, 9.17) is 10.3 Å². The van der Waals surface area contributed by atoms with E-state index >= 15 is 0 Å². The summed E-state index contributed by atoms with van der Waals surface area (Å²) in [5, 5.41) is 6.98. The van der Waals surface area contributed by atoms with E-state index in [1.165, 1.54) is 6.42 Å². The third-order valence-corrected chi connectivity index (χ3v) is 4.44. The maximum atomic E-state index is 12.5. The summed E-state index contributed by atoms with van der Waals surface area (Å²) in [4.78, 5) is 12.5. The molecular weight excluding hydrogens is 242 g/mol. The van der Waals surface area contributed by atoms with Crippen molar-refractivity contribution in [1.82, 2.24) is 10.5 Å². The summed E-state index contributed by atoms with van der Waals surface area (Å²) in [7, 11) is 0. The minimum absolute atomic E-state index is 0.115. The van der Waals surface area contributed by atoms with E-state index in [2.05, 4.69) is 17.4 Å². The zero-order chi connectivity index (χ0) is 14.0. The van der Waals surface area contributed by atoms with E-state index in [1.54, 1.807) is 13.8 Å². The number of nitrogens with one attached hydrogen (secondary N) is 1. The molecule has 2 rings (SSSR count). The molecule has 2 unspecified atom stereocenters. The van der Waals surface area contributed by atoms with Gasteiger partial charge in [0.25, 0.3) is 5.91 Å². The lowest BCUT2D eigenvalue weighted by molar-refractivity contribution is 0.0810. The van der Waals surface area contributed by atoms with Crippen molar-refractivity contribution in [3.8, 4) is 0 Å². The van der Waals surface area contributed by atoms with Crippen molar-refractivity contribution in [2.75, 3.05) is 6.54 Å². The van der Waals surface area contributed by atoms with Crippen LogP contribution in [-0.4, -0.2) is 23.1 Å². The molecule has 0 saturated heterocycles. The lowest BCUT2D eigenvalue weighted by Gasteiger charge is -2.42. The second-order valence-corrected chi connectivity index (χ2v) is 5.66. The number of carbonyl (C=O) groups excluding carboxylic acids is 1. The average Bonchev–Trinajstić information content (AvgIpc) is 2.72. The number of nitrogens with two attached hydrogens (primary N) is 1. The van der Waals surface area contributed by atoms with Crippen molar-refractivity contribution in [2.24, 2.45) is 11.7 Å². The second kappa shape index (κ2) is 5.33. The molecule has 0 bridgehead atoms. The zero-order valence-electron chi connectivity index (χ0n) is 12.0. The Balaban J connectivity index is 2.21. The zero-order valence-corrected chi connectivity index (χ0v) is 12.0. The number of nitrogens with zero attached hydrogens (tertiary/aromatic N) is 1. The fourth-order valence-electron chi connectivity index (χ4n) is 3.05. The van der Waals surface area contributed by atoms with Crippen molar-refractivity contribution < 1.29 is 9.32 Å². The van der Waals surface area contributed by atoms with Crippen LogP contribution in [0.5, 0.6) is 0 Å². The Morgan fingerprint density at radius 3 is 2.79 bits per heavy atom. The van der Waals surface area contributed by atoms with Crippen LogP contribution in [-0.2, 0) is 0 Å². The number of aryl methyl sites for hydroxylation is 2. The van der Waals surface area contributed by atoms with E-state index in [0.29, 0.717) is 29.5 Å². The van der Waals surface area contributed by atoms with Crippen molar-refractivity contribution >= 4 is 5.91 Å². The van der Waals surface area contributed by atoms with Gasteiger partial charge in [-0.2, -0.15) is 0 Å². The van der Waals surface area contributed by atoms with Crippen molar-refractivity contribution in [3.63, 3.8) is 0 Å². The minimum Gasteiger partial charge on any atom is -0.361 e. The van der Waals surface area contributed by atoms with Gasteiger partial charge in [0.1, 0.15) is 11.3 Å². The predicted molar refractivity (Wildman–Crippen MR) is 72.9 cm³/mol. The van der Waals surface area contributed by atoms with Crippen LogP contribution in [0.3, 0.4) is 0 Å². The smallest absolute Gasteiger partial charge is 0.257 e. The molecule has 0 radical (unpaired) electrons. The van der Waals surface area contributed by atoms with Crippen molar-refractivity contribution in [3.05, 3.63) is 17.0 Å². The first kappa shape index (κ1) is 14.1. The Labute approximate surface area is 113 Å². The summed E-state index contributed by atoms with van der Waals surface area (Å²) in [6, 6.07) is 0. The fraction of sp³-hybridized carbons (Fsp3) is 0.714. The highest BCUT2D eigenvalue weighted by atomic mass is 16.5. The molecule has 1 aliphatic carbocycles. The van der Waals surface area contributed by atoms with Crippen LogP contribution in [0.4, 0.5) is 0 Å². The molecule has 19 heavy (non-hydrogen) atoms. The van der Waals surface area contributed by atoms with Gasteiger partial charge in [-0.05, 0) is 32.6 Å². The second-order valence-electron chi connectivity index (χ2n) is 5.66. The Kier molecular flexibility index (Phi) is 3.94. The van der Waals surface area contributed by atoms with E-state index in [1.807, 2.05) is 0 Å². The van der Waals surface area contributed by atoms with Crippen LogP contribution in [0.25, 0.3) is 0 Å². The third-order valence-electron chi connectivity index (χ3n) is 4.44. The number of amides is 1. The number of hydrogen-bond donors (Lipinski definition) is 2. The molecule has 1 amide bonds. The van der Waals surface area contributed by atoms with Gasteiger partial charge in [0.15, 0.2) is 0 Å². The molecule has 1 aromatic rings. The molecule has 0 aromatic carbocycles. The summed E-state index contributed by atoms with van der Waals surface area (Å²) in [6.45, 7) is 6.18. The van der Waals surface area contributed by atoms with E-state index in [-0.39, 0.29) is 11.4 Å². The van der Waals surface area contributed by atoms with Gasteiger partial charge in [0.2, 0.25) is 0 Å². The van der Waals surface area contributed by atoms with Crippen LogP contribution in [0, 0.1) is 19.8 Å². The van der Waals surface area contributed by atoms with Crippen LogP contribution in [0.15, 0.2) is 4.52 Å². The lowest BCUT2D eigenvalue weighted by atomic mass is 9.73. The standard InChI is InChI=1S/C14H23N3O2/c1-9-6-4-5-7-14(9,8-15)16-13(18)12-10(2)17-19-11(12)3/h9H,4-8,15H2,1-3H3,(H,16,18). The van der Waals surface area contributed by atoms with Gasteiger partial charge in [0.05, 0.1) is 11.2 Å². The molecule has 1 fully saturated rings.